The fourth-order valence-electron chi connectivity index (χ4n) is 3.49. The molecule has 4 rings (SSSR count). The van der Waals surface area contributed by atoms with Gasteiger partial charge in [-0.1, -0.05) is 31.2 Å². The highest BCUT2D eigenvalue weighted by atomic mass is 15.2. The van der Waals surface area contributed by atoms with Gasteiger partial charge in [0.15, 0.2) is 6.19 Å². The standard InChI is InChI=1S/C16H15N3/c1-11-7-14-13-4-2-3-12-5-6-18(16(12)13)9-15(14)19(8-11)10-17/h2-7,11,15H,8-9H2,1H3/t11?,15-/m1/s1. The van der Waals surface area contributed by atoms with Gasteiger partial charge < -0.3 is 9.47 Å². The second-order valence-electron chi connectivity index (χ2n) is 5.58. The zero-order valence-corrected chi connectivity index (χ0v) is 10.9. The summed E-state index contributed by atoms with van der Waals surface area (Å²) in [5.41, 5.74) is 3.94. The molecule has 0 spiro atoms. The number of nitriles is 1. The summed E-state index contributed by atoms with van der Waals surface area (Å²) in [4.78, 5) is 1.93. The number of rotatable bonds is 0. The Morgan fingerprint density at radius 3 is 3.00 bits per heavy atom. The van der Waals surface area contributed by atoms with Gasteiger partial charge in [-0.15, -0.1) is 0 Å². The Labute approximate surface area is 112 Å². The Morgan fingerprint density at radius 1 is 1.26 bits per heavy atom. The lowest BCUT2D eigenvalue weighted by atomic mass is 9.86. The minimum atomic E-state index is 0.201. The first kappa shape index (κ1) is 10.7. The highest BCUT2D eigenvalue weighted by molar-refractivity contribution is 5.94. The van der Waals surface area contributed by atoms with E-state index in [1.54, 1.807) is 0 Å². The highest BCUT2D eigenvalue weighted by Crippen LogP contribution is 2.38. The van der Waals surface area contributed by atoms with Crippen LogP contribution in [0.15, 0.2) is 36.5 Å². The third-order valence-electron chi connectivity index (χ3n) is 4.28. The minimum absolute atomic E-state index is 0.201. The number of nitrogens with zero attached hydrogens (tertiary/aromatic N) is 3. The average molecular weight is 249 g/mol. The van der Waals surface area contributed by atoms with Crippen LogP contribution in [0.25, 0.3) is 16.5 Å². The minimum Gasteiger partial charge on any atom is -0.345 e. The first-order valence-corrected chi connectivity index (χ1v) is 6.74. The summed E-state index contributed by atoms with van der Waals surface area (Å²) in [5, 5.41) is 10.7. The van der Waals surface area contributed by atoms with Crippen molar-refractivity contribution < 1.29 is 0 Å². The van der Waals surface area contributed by atoms with Gasteiger partial charge in [0.25, 0.3) is 0 Å². The smallest absolute Gasteiger partial charge is 0.179 e. The predicted octanol–water partition coefficient (Wildman–Crippen LogP) is 2.84. The maximum absolute atomic E-state index is 9.38. The summed E-state index contributed by atoms with van der Waals surface area (Å²) in [6.45, 7) is 3.89. The fraction of sp³-hybridized carbons (Fsp3) is 0.312. The fourth-order valence-corrected chi connectivity index (χ4v) is 3.49. The summed E-state index contributed by atoms with van der Waals surface area (Å²) >= 11 is 0. The third-order valence-corrected chi connectivity index (χ3v) is 4.28. The number of hydrogen-bond donors (Lipinski definition) is 0. The number of aromatic nitrogens is 1. The van der Waals surface area contributed by atoms with E-state index in [0.717, 1.165) is 13.1 Å². The van der Waals surface area contributed by atoms with E-state index in [1.165, 1.54) is 22.0 Å². The van der Waals surface area contributed by atoms with Crippen LogP contribution in [0.3, 0.4) is 0 Å². The normalized spacial score (nSPS) is 24.8. The number of benzene rings is 1. The molecule has 2 aliphatic heterocycles. The Hall–Kier alpha value is -2.21. The molecule has 0 aliphatic carbocycles. The van der Waals surface area contributed by atoms with Crippen molar-refractivity contribution >= 4 is 16.5 Å². The summed E-state index contributed by atoms with van der Waals surface area (Å²) in [7, 11) is 0. The van der Waals surface area contributed by atoms with Crippen LogP contribution < -0.4 is 0 Å². The molecule has 0 fully saturated rings. The zero-order valence-electron chi connectivity index (χ0n) is 10.9. The van der Waals surface area contributed by atoms with Crippen molar-refractivity contribution in [1.29, 1.82) is 5.26 Å². The molecule has 0 saturated carbocycles. The summed E-state index contributed by atoms with van der Waals surface area (Å²) < 4.78 is 2.28. The van der Waals surface area contributed by atoms with E-state index in [9.17, 15) is 5.26 Å². The molecule has 2 atom stereocenters. The topological polar surface area (TPSA) is 32.0 Å². The second-order valence-corrected chi connectivity index (χ2v) is 5.58. The van der Waals surface area contributed by atoms with Crippen LogP contribution in [0.4, 0.5) is 0 Å². The van der Waals surface area contributed by atoms with Crippen LogP contribution in [0.5, 0.6) is 0 Å². The zero-order chi connectivity index (χ0) is 13.0. The Kier molecular flexibility index (Phi) is 2.05. The molecule has 0 saturated heterocycles. The lowest BCUT2D eigenvalue weighted by molar-refractivity contribution is 0.277. The van der Waals surface area contributed by atoms with Gasteiger partial charge in [-0.25, -0.2) is 0 Å². The molecule has 2 aliphatic rings. The average Bonchev–Trinajstić information content (AvgIpc) is 2.84. The van der Waals surface area contributed by atoms with E-state index in [1.807, 2.05) is 4.90 Å². The van der Waals surface area contributed by atoms with Crippen molar-refractivity contribution in [3.05, 3.63) is 42.1 Å². The van der Waals surface area contributed by atoms with Gasteiger partial charge in [0.05, 0.1) is 11.6 Å². The van der Waals surface area contributed by atoms with Crippen LogP contribution in [-0.2, 0) is 6.54 Å². The van der Waals surface area contributed by atoms with Crippen molar-refractivity contribution in [2.45, 2.75) is 19.5 Å². The molecule has 0 radical (unpaired) electrons. The molecule has 1 aromatic heterocycles. The largest absolute Gasteiger partial charge is 0.345 e. The van der Waals surface area contributed by atoms with Crippen molar-refractivity contribution in [3.8, 4) is 6.19 Å². The van der Waals surface area contributed by atoms with E-state index >= 15 is 0 Å². The van der Waals surface area contributed by atoms with Gasteiger partial charge in [-0.05, 0) is 17.6 Å². The predicted molar refractivity (Wildman–Crippen MR) is 75.2 cm³/mol. The first-order chi connectivity index (χ1) is 9.28. The maximum Gasteiger partial charge on any atom is 0.179 e. The quantitative estimate of drug-likeness (QED) is 0.672. The van der Waals surface area contributed by atoms with Crippen molar-refractivity contribution in [2.75, 3.05) is 6.54 Å². The van der Waals surface area contributed by atoms with Gasteiger partial charge in [0.2, 0.25) is 0 Å². The molecule has 3 nitrogen and oxygen atoms in total. The molecule has 94 valence electrons. The molecule has 2 aromatic rings. The Bertz CT molecular complexity index is 732. The van der Waals surface area contributed by atoms with Crippen molar-refractivity contribution in [3.63, 3.8) is 0 Å². The molecular weight excluding hydrogens is 234 g/mol. The molecular formula is C16H15N3. The Morgan fingerprint density at radius 2 is 2.16 bits per heavy atom. The molecule has 0 N–H and O–H groups in total. The lowest BCUT2D eigenvalue weighted by Crippen LogP contribution is -2.43. The SMILES string of the molecule is CC1C=C2c3cccc4ccn(c34)C[C@H]2N(C#N)C1. The van der Waals surface area contributed by atoms with Crippen molar-refractivity contribution in [2.24, 2.45) is 5.92 Å². The van der Waals surface area contributed by atoms with Crippen LogP contribution in [0.1, 0.15) is 12.5 Å². The lowest BCUT2D eigenvalue weighted by Gasteiger charge is -2.38. The molecule has 1 unspecified atom stereocenters. The van der Waals surface area contributed by atoms with Gasteiger partial charge in [0, 0.05) is 30.2 Å². The summed E-state index contributed by atoms with van der Waals surface area (Å²) in [6, 6.07) is 8.82. The number of fused-ring (bicyclic) bond motifs is 2. The van der Waals surface area contributed by atoms with E-state index in [0.29, 0.717) is 5.92 Å². The Balaban J connectivity index is 2.00. The monoisotopic (exact) mass is 249 g/mol. The second kappa shape index (κ2) is 3.64. The van der Waals surface area contributed by atoms with Crippen LogP contribution in [-0.4, -0.2) is 22.1 Å². The molecule has 19 heavy (non-hydrogen) atoms. The summed E-state index contributed by atoms with van der Waals surface area (Å²) in [5.74, 6) is 0.433. The van der Waals surface area contributed by atoms with Crippen LogP contribution in [0, 0.1) is 17.4 Å². The third kappa shape index (κ3) is 1.37. The van der Waals surface area contributed by atoms with Crippen LogP contribution >= 0.6 is 0 Å². The first-order valence-electron chi connectivity index (χ1n) is 6.74. The molecule has 3 heterocycles. The maximum atomic E-state index is 9.38. The summed E-state index contributed by atoms with van der Waals surface area (Å²) in [6.07, 6.45) is 6.86. The molecule has 0 bridgehead atoms. The number of hydrogen-bond acceptors (Lipinski definition) is 2. The van der Waals surface area contributed by atoms with Gasteiger partial charge >= 0.3 is 0 Å². The molecule has 3 heteroatoms. The van der Waals surface area contributed by atoms with Gasteiger partial charge in [-0.3, -0.25) is 0 Å². The van der Waals surface area contributed by atoms with Crippen molar-refractivity contribution in [1.82, 2.24) is 9.47 Å². The van der Waals surface area contributed by atoms with E-state index in [-0.39, 0.29) is 6.04 Å². The van der Waals surface area contributed by atoms with Gasteiger partial charge in [-0.2, -0.15) is 5.26 Å². The van der Waals surface area contributed by atoms with E-state index in [2.05, 4.69) is 54.2 Å². The highest BCUT2D eigenvalue weighted by Gasteiger charge is 2.33. The van der Waals surface area contributed by atoms with Crippen LogP contribution in [0.2, 0.25) is 0 Å². The van der Waals surface area contributed by atoms with Gasteiger partial charge in [0.1, 0.15) is 0 Å². The molecule has 0 amide bonds. The van der Waals surface area contributed by atoms with E-state index in [4.69, 9.17) is 0 Å². The van der Waals surface area contributed by atoms with E-state index < -0.39 is 0 Å². The molecule has 1 aromatic carbocycles. The number of para-hydroxylation sites is 1.